The van der Waals surface area contributed by atoms with E-state index in [4.69, 9.17) is 13.3 Å². The fourth-order valence-electron chi connectivity index (χ4n) is 2.03. The van der Waals surface area contributed by atoms with Gasteiger partial charge in [-0.05, 0) is 12.5 Å². The molecule has 0 aromatic heterocycles. The van der Waals surface area contributed by atoms with Crippen molar-refractivity contribution >= 4 is 8.97 Å². The van der Waals surface area contributed by atoms with Crippen LogP contribution in [-0.4, -0.2) is 54.6 Å². The zero-order valence-electron chi connectivity index (χ0n) is 11.0. The monoisotopic (exact) mass is 269 g/mol. The molecule has 0 radical (unpaired) electrons. The lowest BCUT2D eigenvalue weighted by Crippen LogP contribution is -3.00. The molecule has 0 aromatic carbocycles. The molecule has 0 aliphatic rings. The largest absolute Gasteiger partial charge is 1.00 e. The summed E-state index contributed by atoms with van der Waals surface area (Å²) >= 11 is 0. The maximum atomic E-state index is 5.53. The van der Waals surface area contributed by atoms with Gasteiger partial charge in [-0.15, -0.1) is 0 Å². The number of likely N-dealkylation sites (N-methyl/N-ethyl adjacent to an activating group) is 1. The van der Waals surface area contributed by atoms with Crippen LogP contribution in [0.15, 0.2) is 12.7 Å². The highest BCUT2D eigenvalue weighted by atomic mass is 35.5. The average Bonchev–Trinajstić information content (AvgIpc) is 2.21. The lowest BCUT2D eigenvalue weighted by Gasteiger charge is -2.42. The molecule has 0 fully saturated rings. The third kappa shape index (κ3) is 3.55. The van der Waals surface area contributed by atoms with Gasteiger partial charge in [0.2, 0.25) is 0 Å². The van der Waals surface area contributed by atoms with Gasteiger partial charge in [-0.3, -0.25) is 0 Å². The van der Waals surface area contributed by atoms with Crippen LogP contribution in [0.1, 0.15) is 13.3 Å². The molecule has 0 heterocycles. The maximum Gasteiger partial charge on any atom is 0.783 e. The molecule has 0 aliphatic carbocycles. The molecular weight excluding hydrogens is 246 g/mol. The Morgan fingerprint density at radius 2 is 1.62 bits per heavy atom. The van der Waals surface area contributed by atoms with E-state index in [0.717, 1.165) is 19.5 Å². The van der Waals surface area contributed by atoms with E-state index in [1.54, 1.807) is 21.3 Å². The molecule has 0 N–H and O–H groups in total. The predicted octanol–water partition coefficient (Wildman–Crippen LogP) is -1.59. The van der Waals surface area contributed by atoms with Crippen molar-refractivity contribution in [3.05, 3.63) is 12.7 Å². The molecule has 0 aromatic rings. The Balaban J connectivity index is 0. The predicted molar refractivity (Wildman–Crippen MR) is 63.2 cm³/mol. The van der Waals surface area contributed by atoms with Crippen molar-refractivity contribution < 1.29 is 29.8 Å². The van der Waals surface area contributed by atoms with Crippen molar-refractivity contribution in [2.45, 2.75) is 13.3 Å². The number of hydrogen-bond donors (Lipinski definition) is 0. The summed E-state index contributed by atoms with van der Waals surface area (Å²) in [6.45, 7) is 7.66. The third-order valence-corrected chi connectivity index (χ3v) is 5.96. The van der Waals surface area contributed by atoms with Crippen LogP contribution < -0.4 is 12.4 Å². The lowest BCUT2D eigenvalue weighted by atomic mass is 10.4. The second-order valence-electron chi connectivity index (χ2n) is 3.73. The first kappa shape index (κ1) is 18.5. The van der Waals surface area contributed by atoms with Crippen LogP contribution in [0, 0.1) is 0 Å². The number of nitrogens with zero attached hydrogens (tertiary/aromatic N) is 1. The van der Waals surface area contributed by atoms with Crippen molar-refractivity contribution in [3.8, 4) is 0 Å². The quantitative estimate of drug-likeness (QED) is 0.393. The molecule has 16 heavy (non-hydrogen) atoms. The van der Waals surface area contributed by atoms with Crippen molar-refractivity contribution in [1.82, 2.24) is 0 Å². The molecule has 0 rings (SSSR count). The SMILES string of the molecule is C=CC[N+](C)(CCC)[Si](OC)(OC)OC.[Cl-]. The highest BCUT2D eigenvalue weighted by Crippen LogP contribution is 2.21. The molecule has 0 aliphatic heterocycles. The van der Waals surface area contributed by atoms with Crippen LogP contribution in [0.2, 0.25) is 0 Å². The molecule has 0 saturated heterocycles. The van der Waals surface area contributed by atoms with Gasteiger partial charge in [0.15, 0.2) is 0 Å². The molecule has 1 atom stereocenters. The Bertz CT molecular complexity index is 194. The zero-order valence-corrected chi connectivity index (χ0v) is 12.7. The fraction of sp³-hybridized carbons (Fsp3) is 0.800. The summed E-state index contributed by atoms with van der Waals surface area (Å²) in [4.78, 5) is 0. The lowest BCUT2D eigenvalue weighted by molar-refractivity contribution is -0.833. The molecule has 1 unspecified atom stereocenters. The van der Waals surface area contributed by atoms with E-state index in [1.807, 2.05) is 6.08 Å². The zero-order chi connectivity index (χ0) is 11.9. The summed E-state index contributed by atoms with van der Waals surface area (Å²) in [6.07, 6.45) is 2.93. The number of halogens is 1. The first-order valence-corrected chi connectivity index (χ1v) is 6.84. The van der Waals surface area contributed by atoms with Crippen molar-refractivity contribution in [2.75, 3.05) is 41.5 Å². The maximum absolute atomic E-state index is 5.53. The summed E-state index contributed by atoms with van der Waals surface area (Å²) in [6, 6.07) is 0. The molecular formula is C10H24ClNO3Si. The second kappa shape index (κ2) is 8.22. The van der Waals surface area contributed by atoms with Gasteiger partial charge in [-0.1, -0.05) is 13.5 Å². The molecule has 0 saturated carbocycles. The summed E-state index contributed by atoms with van der Waals surface area (Å²) in [7, 11) is 4.39. The first-order valence-electron chi connectivity index (χ1n) is 5.16. The number of quaternary nitrogens is 1. The Kier molecular flexibility index (Phi) is 9.48. The van der Waals surface area contributed by atoms with Gasteiger partial charge in [0, 0.05) is 21.3 Å². The van der Waals surface area contributed by atoms with Crippen LogP contribution in [0.25, 0.3) is 0 Å². The smallest absolute Gasteiger partial charge is 0.783 e. The first-order chi connectivity index (χ1) is 7.05. The van der Waals surface area contributed by atoms with E-state index >= 15 is 0 Å². The molecule has 0 amide bonds. The highest BCUT2D eigenvalue weighted by molar-refractivity contribution is 6.52. The van der Waals surface area contributed by atoms with E-state index in [1.165, 1.54) is 0 Å². The van der Waals surface area contributed by atoms with E-state index in [9.17, 15) is 0 Å². The van der Waals surface area contributed by atoms with E-state index in [2.05, 4.69) is 20.6 Å². The molecule has 98 valence electrons. The third-order valence-electron chi connectivity index (χ3n) is 2.68. The second-order valence-corrected chi connectivity index (χ2v) is 7.08. The summed E-state index contributed by atoms with van der Waals surface area (Å²) < 4.78 is 17.2. The minimum atomic E-state index is -2.65. The highest BCUT2D eigenvalue weighted by Gasteiger charge is 2.61. The van der Waals surface area contributed by atoms with Gasteiger partial charge in [0.05, 0.1) is 20.1 Å². The normalized spacial score (nSPS) is 15.1. The number of rotatable bonds is 8. The van der Waals surface area contributed by atoms with Crippen LogP contribution in [0.4, 0.5) is 0 Å². The summed E-state index contributed by atoms with van der Waals surface area (Å²) in [5.41, 5.74) is 0. The van der Waals surface area contributed by atoms with Gasteiger partial charge < -0.3 is 29.8 Å². The van der Waals surface area contributed by atoms with Crippen molar-refractivity contribution in [3.63, 3.8) is 0 Å². The topological polar surface area (TPSA) is 27.7 Å². The van der Waals surface area contributed by atoms with Crippen LogP contribution in [-0.2, 0) is 13.3 Å². The molecule has 4 nitrogen and oxygen atoms in total. The molecule has 0 bridgehead atoms. The minimum Gasteiger partial charge on any atom is -1.00 e. The van der Waals surface area contributed by atoms with Crippen LogP contribution in [0.3, 0.4) is 0 Å². The van der Waals surface area contributed by atoms with Gasteiger partial charge in [-0.25, -0.2) is 0 Å². The van der Waals surface area contributed by atoms with Gasteiger partial charge in [-0.2, -0.15) is 0 Å². The Labute approximate surface area is 107 Å². The fourth-order valence-corrected chi connectivity index (χ4v) is 4.70. The Morgan fingerprint density at radius 3 is 1.88 bits per heavy atom. The van der Waals surface area contributed by atoms with Gasteiger partial charge in [0.1, 0.15) is 0 Å². The molecule has 0 spiro atoms. The molecule has 6 heteroatoms. The summed E-state index contributed by atoms with van der Waals surface area (Å²) in [5, 5.41) is 0. The standard InChI is InChI=1S/C10H24NO3Si.ClH/c1-7-9-11(3,10-8-2)15(12-4,13-5)14-6;/h7H,1,8-10H2,2-6H3;1H/q+1;/p-1. The van der Waals surface area contributed by atoms with E-state index in [-0.39, 0.29) is 12.4 Å². The number of hydrogen-bond acceptors (Lipinski definition) is 3. The Morgan fingerprint density at radius 1 is 1.19 bits per heavy atom. The van der Waals surface area contributed by atoms with Gasteiger partial charge in [0.25, 0.3) is 0 Å². The van der Waals surface area contributed by atoms with Crippen molar-refractivity contribution in [1.29, 1.82) is 0 Å². The van der Waals surface area contributed by atoms with E-state index in [0.29, 0.717) is 4.15 Å². The van der Waals surface area contributed by atoms with Crippen molar-refractivity contribution in [2.24, 2.45) is 0 Å². The van der Waals surface area contributed by atoms with Crippen LogP contribution in [0.5, 0.6) is 0 Å². The van der Waals surface area contributed by atoms with E-state index < -0.39 is 8.97 Å². The van der Waals surface area contributed by atoms with Gasteiger partial charge >= 0.3 is 8.97 Å². The minimum absolute atomic E-state index is 0. The average molecular weight is 270 g/mol. The van der Waals surface area contributed by atoms with Crippen LogP contribution >= 0.6 is 0 Å². The summed E-state index contributed by atoms with van der Waals surface area (Å²) in [5.74, 6) is 0. The Hall–Kier alpha value is 0.0869.